The molecule has 0 radical (unpaired) electrons. The molecule has 29 heavy (non-hydrogen) atoms. The summed E-state index contributed by atoms with van der Waals surface area (Å²) < 4.78 is 0. The number of aryl methyl sites for hydroxylation is 1. The summed E-state index contributed by atoms with van der Waals surface area (Å²) in [4.78, 5) is 16.4. The van der Waals surface area contributed by atoms with Crippen molar-refractivity contribution in [1.29, 1.82) is 0 Å². The normalized spacial score (nSPS) is 11.1. The van der Waals surface area contributed by atoms with E-state index in [-0.39, 0.29) is 0 Å². The highest BCUT2D eigenvalue weighted by atomic mass is 15.2. The number of nitrogen functional groups attached to an aromatic ring is 1. The zero-order valence-corrected chi connectivity index (χ0v) is 15.6. The van der Waals surface area contributed by atoms with Crippen molar-refractivity contribution in [3.63, 3.8) is 0 Å². The second-order valence-corrected chi connectivity index (χ2v) is 6.79. The van der Waals surface area contributed by atoms with E-state index in [0.717, 1.165) is 44.9 Å². The Balaban J connectivity index is 1.45. The van der Waals surface area contributed by atoms with Crippen LogP contribution in [-0.2, 0) is 0 Å². The minimum absolute atomic E-state index is 0.505. The maximum absolute atomic E-state index is 5.89. The number of aromatic amines is 2. The molecule has 4 heterocycles. The van der Waals surface area contributed by atoms with Gasteiger partial charge in [0.2, 0.25) is 0 Å². The van der Waals surface area contributed by atoms with Crippen LogP contribution in [0.3, 0.4) is 0 Å². The van der Waals surface area contributed by atoms with Crippen molar-refractivity contribution >= 4 is 28.2 Å². The van der Waals surface area contributed by atoms with E-state index in [0.29, 0.717) is 11.6 Å². The van der Waals surface area contributed by atoms with Gasteiger partial charge in [-0.1, -0.05) is 12.1 Å². The number of hydrogen-bond acceptors (Lipinski definition) is 6. The van der Waals surface area contributed by atoms with Crippen LogP contribution in [0.5, 0.6) is 0 Å². The lowest BCUT2D eigenvalue weighted by Gasteiger charge is -2.06. The van der Waals surface area contributed by atoms with E-state index in [4.69, 9.17) is 5.73 Å². The van der Waals surface area contributed by atoms with Gasteiger partial charge in [0.25, 0.3) is 0 Å². The van der Waals surface area contributed by atoms with Crippen molar-refractivity contribution in [3.05, 3.63) is 66.7 Å². The largest absolute Gasteiger partial charge is 0.384 e. The molecule has 5 N–H and O–H groups in total. The fraction of sp³-hybridized carbons (Fsp3) is 0.0476. The van der Waals surface area contributed by atoms with Crippen LogP contribution in [0, 0.1) is 6.92 Å². The van der Waals surface area contributed by atoms with E-state index in [9.17, 15) is 0 Å². The molecule has 5 aromatic rings. The van der Waals surface area contributed by atoms with Crippen LogP contribution < -0.4 is 11.1 Å². The number of fused-ring (bicyclic) bond motifs is 1. The molecule has 0 aliphatic rings. The number of pyridine rings is 2. The van der Waals surface area contributed by atoms with E-state index in [2.05, 4.69) is 41.5 Å². The minimum atomic E-state index is 0.505. The van der Waals surface area contributed by atoms with Gasteiger partial charge in [-0.2, -0.15) is 5.10 Å². The maximum atomic E-state index is 5.89. The van der Waals surface area contributed by atoms with Crippen LogP contribution in [0.15, 0.2) is 61.1 Å². The second-order valence-electron chi connectivity index (χ2n) is 6.79. The summed E-state index contributed by atoms with van der Waals surface area (Å²) in [6, 6.07) is 15.8. The predicted molar refractivity (Wildman–Crippen MR) is 114 cm³/mol. The van der Waals surface area contributed by atoms with Crippen molar-refractivity contribution in [3.8, 4) is 22.6 Å². The Morgan fingerprint density at radius 1 is 1.00 bits per heavy atom. The Labute approximate surface area is 166 Å². The van der Waals surface area contributed by atoms with Gasteiger partial charge in [-0.15, -0.1) is 0 Å². The second kappa shape index (κ2) is 6.75. The van der Waals surface area contributed by atoms with E-state index in [1.165, 1.54) is 0 Å². The van der Waals surface area contributed by atoms with Crippen molar-refractivity contribution < 1.29 is 0 Å². The van der Waals surface area contributed by atoms with E-state index in [1.807, 2.05) is 55.6 Å². The van der Waals surface area contributed by atoms with Crippen LogP contribution in [0.2, 0.25) is 0 Å². The molecule has 8 nitrogen and oxygen atoms in total. The van der Waals surface area contributed by atoms with Crippen molar-refractivity contribution in [2.45, 2.75) is 6.92 Å². The van der Waals surface area contributed by atoms with Gasteiger partial charge in [0.1, 0.15) is 18.0 Å². The summed E-state index contributed by atoms with van der Waals surface area (Å²) in [6.07, 6.45) is 3.40. The molecule has 4 aromatic heterocycles. The summed E-state index contributed by atoms with van der Waals surface area (Å²) >= 11 is 0. The molecule has 0 unspecified atom stereocenters. The van der Waals surface area contributed by atoms with Gasteiger partial charge in [0, 0.05) is 45.9 Å². The Morgan fingerprint density at radius 3 is 2.76 bits per heavy atom. The zero-order chi connectivity index (χ0) is 19.8. The number of H-pyrrole nitrogens is 2. The molecule has 8 heteroatoms. The fourth-order valence-electron chi connectivity index (χ4n) is 3.33. The Morgan fingerprint density at radius 2 is 1.93 bits per heavy atom. The van der Waals surface area contributed by atoms with Crippen LogP contribution in [0.4, 0.5) is 17.3 Å². The lowest BCUT2D eigenvalue weighted by atomic mass is 10.1. The fourth-order valence-corrected chi connectivity index (χ4v) is 3.33. The van der Waals surface area contributed by atoms with Gasteiger partial charge in [-0.3, -0.25) is 5.10 Å². The highest BCUT2D eigenvalue weighted by Gasteiger charge is 2.08. The number of aromatic nitrogens is 6. The summed E-state index contributed by atoms with van der Waals surface area (Å²) in [6.45, 7) is 1.93. The Hall–Kier alpha value is -4.20. The molecular weight excluding hydrogens is 364 g/mol. The van der Waals surface area contributed by atoms with Crippen molar-refractivity contribution in [2.75, 3.05) is 11.1 Å². The van der Waals surface area contributed by atoms with E-state index < -0.39 is 0 Å². The van der Waals surface area contributed by atoms with Crippen LogP contribution in [-0.4, -0.2) is 30.1 Å². The SMILES string of the molecule is Cc1cc(-c2cc3cnc(Nc4cccc(-c5nc[nH]n5)c4)cc3[nH]2)cc(N)n1. The van der Waals surface area contributed by atoms with Gasteiger partial charge >= 0.3 is 0 Å². The predicted octanol–water partition coefficient (Wildman–Crippen LogP) is 4.04. The molecule has 142 valence electrons. The maximum Gasteiger partial charge on any atom is 0.180 e. The Bertz CT molecular complexity index is 1280. The molecule has 1 aromatic carbocycles. The highest BCUT2D eigenvalue weighted by molar-refractivity contribution is 5.87. The molecule has 0 fully saturated rings. The molecule has 0 saturated heterocycles. The monoisotopic (exact) mass is 382 g/mol. The number of nitrogens with two attached hydrogens (primary N) is 1. The number of nitrogens with zero attached hydrogens (tertiary/aromatic N) is 4. The van der Waals surface area contributed by atoms with Crippen LogP contribution in [0.1, 0.15) is 5.69 Å². The molecule has 0 atom stereocenters. The summed E-state index contributed by atoms with van der Waals surface area (Å²) in [7, 11) is 0. The standard InChI is InChI=1S/C21H18N8/c1-12-5-14(8-19(22)26-12)17-7-15-10-23-20(9-18(15)28-17)27-16-4-2-3-13(6-16)21-24-11-25-29-21/h2-11,28H,1H3,(H2,22,26)(H,23,27)(H,24,25,29). The number of nitrogens with one attached hydrogen (secondary N) is 3. The number of hydrogen-bond donors (Lipinski definition) is 4. The van der Waals surface area contributed by atoms with Crippen LogP contribution in [0.25, 0.3) is 33.5 Å². The molecule has 0 spiro atoms. The van der Waals surface area contributed by atoms with E-state index in [1.54, 1.807) is 6.33 Å². The minimum Gasteiger partial charge on any atom is -0.384 e. The third-order valence-electron chi connectivity index (χ3n) is 4.60. The first kappa shape index (κ1) is 16.9. The van der Waals surface area contributed by atoms with Gasteiger partial charge < -0.3 is 16.0 Å². The van der Waals surface area contributed by atoms with Crippen LogP contribution >= 0.6 is 0 Å². The molecule has 0 saturated carbocycles. The van der Waals surface area contributed by atoms with Gasteiger partial charge in [-0.25, -0.2) is 15.0 Å². The highest BCUT2D eigenvalue weighted by Crippen LogP contribution is 2.28. The average molecular weight is 382 g/mol. The zero-order valence-electron chi connectivity index (χ0n) is 15.6. The van der Waals surface area contributed by atoms with Gasteiger partial charge in [0.05, 0.1) is 5.52 Å². The molecular formula is C21H18N8. The first-order chi connectivity index (χ1) is 14.1. The topological polar surface area (TPSA) is 121 Å². The van der Waals surface area contributed by atoms with E-state index >= 15 is 0 Å². The van der Waals surface area contributed by atoms with Crippen molar-refractivity contribution in [1.82, 2.24) is 30.1 Å². The summed E-state index contributed by atoms with van der Waals surface area (Å²) in [5.41, 5.74) is 11.6. The number of anilines is 3. The van der Waals surface area contributed by atoms with Gasteiger partial charge in [-0.05, 0) is 37.3 Å². The molecule has 0 aliphatic heterocycles. The summed E-state index contributed by atoms with van der Waals surface area (Å²) in [5, 5.41) is 11.2. The van der Waals surface area contributed by atoms with Gasteiger partial charge in [0.15, 0.2) is 5.82 Å². The quantitative estimate of drug-likeness (QED) is 0.372. The van der Waals surface area contributed by atoms with Crippen molar-refractivity contribution in [2.24, 2.45) is 0 Å². The lowest BCUT2D eigenvalue weighted by molar-refractivity contribution is 1.10. The first-order valence-corrected chi connectivity index (χ1v) is 9.10. The third kappa shape index (κ3) is 3.39. The first-order valence-electron chi connectivity index (χ1n) is 9.10. The molecule has 0 bridgehead atoms. The molecule has 5 rings (SSSR count). The molecule has 0 amide bonds. The molecule has 0 aliphatic carbocycles. The smallest absolute Gasteiger partial charge is 0.180 e. The average Bonchev–Trinajstić information content (AvgIpc) is 3.37. The third-order valence-corrected chi connectivity index (χ3v) is 4.60. The number of benzene rings is 1. The number of rotatable bonds is 4. The summed E-state index contributed by atoms with van der Waals surface area (Å²) in [5.74, 6) is 1.90. The Kier molecular flexibility index (Phi) is 3.94. The lowest BCUT2D eigenvalue weighted by Crippen LogP contribution is -1.94.